The Morgan fingerprint density at radius 3 is 2.68 bits per heavy atom. The average molecular weight is 260 g/mol. The van der Waals surface area contributed by atoms with Crippen molar-refractivity contribution in [2.24, 2.45) is 0 Å². The topological polar surface area (TPSA) is 66.6 Å². The summed E-state index contributed by atoms with van der Waals surface area (Å²) in [4.78, 5) is 13.8. The van der Waals surface area contributed by atoms with Crippen LogP contribution in [-0.4, -0.2) is 28.1 Å². The summed E-state index contributed by atoms with van der Waals surface area (Å²) in [6.07, 6.45) is 1.41. The zero-order valence-electron chi connectivity index (χ0n) is 11.1. The lowest BCUT2D eigenvalue weighted by molar-refractivity contribution is 0.0739. The molecule has 0 bridgehead atoms. The van der Waals surface area contributed by atoms with Gasteiger partial charge in [0.2, 0.25) is 0 Å². The molecule has 1 amide bonds. The van der Waals surface area contributed by atoms with Crippen molar-refractivity contribution >= 4 is 5.91 Å². The molecule has 19 heavy (non-hydrogen) atoms. The van der Waals surface area contributed by atoms with Crippen LogP contribution in [0.25, 0.3) is 0 Å². The van der Waals surface area contributed by atoms with Gasteiger partial charge in [-0.15, -0.1) is 0 Å². The third-order valence-electron chi connectivity index (χ3n) is 3.27. The normalized spacial score (nSPS) is 12.2. The van der Waals surface area contributed by atoms with Crippen LogP contribution in [0.5, 0.6) is 5.75 Å². The number of carbonyl (C=O) groups excluding carboxylic acids is 1. The average Bonchev–Trinajstić information content (AvgIpc) is 2.83. The highest BCUT2D eigenvalue weighted by molar-refractivity contribution is 5.94. The Morgan fingerprint density at radius 2 is 2.11 bits per heavy atom. The van der Waals surface area contributed by atoms with E-state index in [0.717, 1.165) is 0 Å². The Balaban J connectivity index is 2.25. The molecular formula is C14H16N2O3. The molecule has 0 radical (unpaired) electrons. The maximum absolute atomic E-state index is 12.3. The summed E-state index contributed by atoms with van der Waals surface area (Å²) in [6, 6.07) is 6.73. The van der Waals surface area contributed by atoms with E-state index >= 15 is 0 Å². The van der Waals surface area contributed by atoms with E-state index in [0.29, 0.717) is 16.9 Å². The third-order valence-corrected chi connectivity index (χ3v) is 3.27. The number of aromatic nitrogens is 1. The summed E-state index contributed by atoms with van der Waals surface area (Å²) in [5.41, 5.74) is 1.14. The Kier molecular flexibility index (Phi) is 3.55. The van der Waals surface area contributed by atoms with Gasteiger partial charge in [0.05, 0.1) is 12.2 Å². The predicted octanol–water partition coefficient (Wildman–Crippen LogP) is 2.52. The molecule has 0 saturated carbocycles. The van der Waals surface area contributed by atoms with Crippen LogP contribution in [0, 0.1) is 6.92 Å². The van der Waals surface area contributed by atoms with E-state index in [-0.39, 0.29) is 17.7 Å². The zero-order chi connectivity index (χ0) is 14.0. The van der Waals surface area contributed by atoms with Gasteiger partial charge in [0.1, 0.15) is 17.1 Å². The van der Waals surface area contributed by atoms with Crippen molar-refractivity contribution in [3.8, 4) is 5.75 Å². The van der Waals surface area contributed by atoms with Gasteiger partial charge in [-0.3, -0.25) is 4.79 Å². The second kappa shape index (κ2) is 5.14. The molecule has 5 heteroatoms. The van der Waals surface area contributed by atoms with Crippen LogP contribution in [0.1, 0.15) is 34.6 Å². The van der Waals surface area contributed by atoms with Crippen molar-refractivity contribution in [1.29, 1.82) is 0 Å². The van der Waals surface area contributed by atoms with E-state index in [1.54, 1.807) is 37.1 Å². The van der Waals surface area contributed by atoms with E-state index in [1.165, 1.54) is 6.20 Å². The Morgan fingerprint density at radius 1 is 1.42 bits per heavy atom. The highest BCUT2D eigenvalue weighted by Gasteiger charge is 2.23. The van der Waals surface area contributed by atoms with Gasteiger partial charge in [-0.2, -0.15) is 0 Å². The summed E-state index contributed by atoms with van der Waals surface area (Å²) in [7, 11) is 1.69. The number of benzene rings is 1. The van der Waals surface area contributed by atoms with Gasteiger partial charge >= 0.3 is 0 Å². The van der Waals surface area contributed by atoms with Crippen LogP contribution >= 0.6 is 0 Å². The molecule has 2 aromatic rings. The lowest BCUT2D eigenvalue weighted by atomic mass is 10.1. The Bertz CT molecular complexity index is 592. The fraction of sp³-hybridized carbons (Fsp3) is 0.286. The number of hydrogen-bond acceptors (Lipinski definition) is 4. The van der Waals surface area contributed by atoms with Crippen molar-refractivity contribution in [2.75, 3.05) is 7.05 Å². The zero-order valence-corrected chi connectivity index (χ0v) is 11.1. The van der Waals surface area contributed by atoms with Gasteiger partial charge in [0.25, 0.3) is 5.91 Å². The number of phenols is 1. The number of nitrogens with zero attached hydrogens (tertiary/aromatic N) is 2. The molecule has 1 aromatic carbocycles. The molecule has 2 rings (SSSR count). The van der Waals surface area contributed by atoms with Gasteiger partial charge in [0, 0.05) is 12.6 Å². The maximum atomic E-state index is 12.3. The summed E-state index contributed by atoms with van der Waals surface area (Å²) in [5, 5.41) is 13.4. The number of amides is 1. The monoisotopic (exact) mass is 260 g/mol. The maximum Gasteiger partial charge on any atom is 0.259 e. The molecule has 0 aliphatic carbocycles. The van der Waals surface area contributed by atoms with Gasteiger partial charge in [-0.1, -0.05) is 23.4 Å². The number of aromatic hydroxyl groups is 1. The minimum Gasteiger partial charge on any atom is -0.508 e. The second-order valence-electron chi connectivity index (χ2n) is 4.45. The minimum atomic E-state index is -0.247. The number of carbonyl (C=O) groups is 1. The quantitative estimate of drug-likeness (QED) is 0.920. The third kappa shape index (κ3) is 2.45. The molecule has 1 N–H and O–H groups in total. The first kappa shape index (κ1) is 13.1. The summed E-state index contributed by atoms with van der Waals surface area (Å²) >= 11 is 0. The highest BCUT2D eigenvalue weighted by Crippen LogP contribution is 2.28. The molecule has 0 spiro atoms. The number of phenolic OH excluding ortho intramolecular Hbond substituents is 1. The lowest BCUT2D eigenvalue weighted by Crippen LogP contribution is -2.29. The van der Waals surface area contributed by atoms with Crippen LogP contribution in [0.2, 0.25) is 0 Å². The van der Waals surface area contributed by atoms with Crippen molar-refractivity contribution < 1.29 is 14.4 Å². The minimum absolute atomic E-state index is 0.177. The molecular weight excluding hydrogens is 244 g/mol. The van der Waals surface area contributed by atoms with Crippen LogP contribution in [-0.2, 0) is 0 Å². The molecule has 100 valence electrons. The lowest BCUT2D eigenvalue weighted by Gasteiger charge is -2.25. The standard InChI is InChI=1S/C14H16N2O3/c1-9(11-6-4-5-7-13(11)17)16(3)14(18)12-8-15-19-10(12)2/h4-9,17H,1-3H3. The molecule has 1 atom stereocenters. The van der Waals surface area contributed by atoms with Crippen LogP contribution in [0.4, 0.5) is 0 Å². The molecule has 1 unspecified atom stereocenters. The second-order valence-corrected chi connectivity index (χ2v) is 4.45. The Hall–Kier alpha value is -2.30. The fourth-order valence-electron chi connectivity index (χ4n) is 1.92. The van der Waals surface area contributed by atoms with E-state index in [1.807, 2.05) is 13.0 Å². The number of aryl methyl sites for hydroxylation is 1. The molecule has 1 aromatic heterocycles. The largest absolute Gasteiger partial charge is 0.508 e. The summed E-state index contributed by atoms with van der Waals surface area (Å²) < 4.78 is 4.90. The predicted molar refractivity (Wildman–Crippen MR) is 69.9 cm³/mol. The summed E-state index contributed by atoms with van der Waals surface area (Å²) in [6.45, 7) is 3.55. The fourth-order valence-corrected chi connectivity index (χ4v) is 1.92. The first-order valence-electron chi connectivity index (χ1n) is 5.98. The van der Waals surface area contributed by atoms with Gasteiger partial charge in [0.15, 0.2) is 0 Å². The SMILES string of the molecule is Cc1oncc1C(=O)N(C)C(C)c1ccccc1O. The summed E-state index contributed by atoms with van der Waals surface area (Å²) in [5.74, 6) is 0.479. The molecule has 0 aliphatic rings. The van der Waals surface area contributed by atoms with Crippen molar-refractivity contribution in [2.45, 2.75) is 19.9 Å². The molecule has 0 saturated heterocycles. The van der Waals surface area contributed by atoms with E-state index < -0.39 is 0 Å². The van der Waals surface area contributed by atoms with E-state index in [9.17, 15) is 9.90 Å². The van der Waals surface area contributed by atoms with Crippen LogP contribution in [0.15, 0.2) is 35.0 Å². The van der Waals surface area contributed by atoms with Gasteiger partial charge in [-0.05, 0) is 19.9 Å². The van der Waals surface area contributed by atoms with Crippen molar-refractivity contribution in [1.82, 2.24) is 10.1 Å². The number of hydrogen-bond donors (Lipinski definition) is 1. The van der Waals surface area contributed by atoms with Gasteiger partial charge < -0.3 is 14.5 Å². The molecule has 5 nitrogen and oxygen atoms in total. The first-order valence-corrected chi connectivity index (χ1v) is 5.98. The molecule has 0 fully saturated rings. The Labute approximate surface area is 111 Å². The van der Waals surface area contributed by atoms with E-state index in [2.05, 4.69) is 5.16 Å². The van der Waals surface area contributed by atoms with Crippen molar-refractivity contribution in [3.63, 3.8) is 0 Å². The van der Waals surface area contributed by atoms with Crippen molar-refractivity contribution in [3.05, 3.63) is 47.3 Å². The number of rotatable bonds is 3. The highest BCUT2D eigenvalue weighted by atomic mass is 16.5. The smallest absolute Gasteiger partial charge is 0.259 e. The first-order chi connectivity index (χ1) is 9.02. The molecule has 0 aliphatic heterocycles. The molecule has 1 heterocycles. The van der Waals surface area contributed by atoms with Gasteiger partial charge in [-0.25, -0.2) is 0 Å². The number of para-hydroxylation sites is 1. The van der Waals surface area contributed by atoms with Crippen LogP contribution in [0.3, 0.4) is 0 Å². The van der Waals surface area contributed by atoms with E-state index in [4.69, 9.17) is 4.52 Å². The van der Waals surface area contributed by atoms with Crippen LogP contribution < -0.4 is 0 Å².